The number of imidazole rings is 1. The summed E-state index contributed by atoms with van der Waals surface area (Å²) in [5, 5.41) is 3.52. The van der Waals surface area contributed by atoms with Crippen molar-refractivity contribution in [3.8, 4) is 0 Å². The van der Waals surface area contributed by atoms with Crippen molar-refractivity contribution in [1.82, 2.24) is 19.5 Å². The van der Waals surface area contributed by atoms with E-state index in [9.17, 15) is 9.59 Å². The lowest BCUT2D eigenvalue weighted by atomic mass is 10.3. The Morgan fingerprint density at radius 2 is 1.76 bits per heavy atom. The third-order valence-electron chi connectivity index (χ3n) is 4.29. The van der Waals surface area contributed by atoms with Gasteiger partial charge < -0.3 is 10.3 Å². The van der Waals surface area contributed by atoms with E-state index in [1.54, 1.807) is 6.07 Å². The molecule has 4 rings (SSSR count). The van der Waals surface area contributed by atoms with Gasteiger partial charge in [-0.1, -0.05) is 12.1 Å². The molecule has 0 unspecified atom stereocenters. The van der Waals surface area contributed by atoms with Crippen molar-refractivity contribution >= 4 is 34.4 Å². The highest BCUT2D eigenvalue weighted by Crippen LogP contribution is 2.26. The van der Waals surface area contributed by atoms with Crippen LogP contribution >= 0.6 is 11.8 Å². The van der Waals surface area contributed by atoms with E-state index in [1.807, 2.05) is 62.4 Å². The first kappa shape index (κ1) is 18.9. The number of H-pyrrole nitrogens is 1. The summed E-state index contributed by atoms with van der Waals surface area (Å²) in [4.78, 5) is 37.1. The fourth-order valence-electron chi connectivity index (χ4n) is 3.06. The van der Waals surface area contributed by atoms with Gasteiger partial charge in [-0.2, -0.15) is 0 Å². The quantitative estimate of drug-likeness (QED) is 0.496. The van der Waals surface area contributed by atoms with E-state index in [1.165, 1.54) is 16.3 Å². The molecule has 0 bridgehead atoms. The summed E-state index contributed by atoms with van der Waals surface area (Å²) in [6.45, 7) is 3.82. The molecule has 146 valence electrons. The summed E-state index contributed by atoms with van der Waals surface area (Å²) < 4.78 is 1.42. The van der Waals surface area contributed by atoms with E-state index in [0.717, 1.165) is 16.3 Å². The monoisotopic (exact) mass is 405 g/mol. The molecular weight excluding hydrogens is 386 g/mol. The average Bonchev–Trinajstić information content (AvgIpc) is 2.98. The molecule has 0 atom stereocenters. The van der Waals surface area contributed by atoms with Gasteiger partial charge in [0.15, 0.2) is 5.16 Å². The van der Waals surface area contributed by atoms with Crippen molar-refractivity contribution in [2.75, 3.05) is 5.32 Å². The van der Waals surface area contributed by atoms with Gasteiger partial charge in [0.05, 0.1) is 11.0 Å². The van der Waals surface area contributed by atoms with Gasteiger partial charge in [-0.25, -0.2) is 14.8 Å². The summed E-state index contributed by atoms with van der Waals surface area (Å²) >= 11 is 1.47. The van der Waals surface area contributed by atoms with Crippen LogP contribution in [0.15, 0.2) is 69.4 Å². The van der Waals surface area contributed by atoms with Crippen LogP contribution in [0, 0.1) is 13.8 Å². The Hall–Kier alpha value is -3.39. The molecule has 0 saturated carbocycles. The number of fused-ring (bicyclic) bond motifs is 1. The number of aryl methyl sites for hydroxylation is 2. The SMILES string of the molecule is Cc1cc(C)nc(Sc2ccc(NC(=O)Cn3c(=O)[nH]c4ccccc43)cc2)n1. The number of nitrogens with zero attached hydrogens (tertiary/aromatic N) is 3. The number of carbonyl (C=O) groups is 1. The summed E-state index contributed by atoms with van der Waals surface area (Å²) in [6.07, 6.45) is 0. The Morgan fingerprint density at radius 1 is 1.07 bits per heavy atom. The van der Waals surface area contributed by atoms with Gasteiger partial charge in [0.25, 0.3) is 0 Å². The molecule has 2 aromatic heterocycles. The van der Waals surface area contributed by atoms with Gasteiger partial charge in [-0.3, -0.25) is 9.36 Å². The number of amides is 1. The van der Waals surface area contributed by atoms with Crippen LogP contribution in [0.2, 0.25) is 0 Å². The van der Waals surface area contributed by atoms with Crippen LogP contribution in [-0.4, -0.2) is 25.4 Å². The Labute approximate surface area is 171 Å². The molecule has 0 aliphatic heterocycles. The number of carbonyl (C=O) groups excluding carboxylic acids is 1. The third kappa shape index (κ3) is 4.38. The molecule has 0 aliphatic carbocycles. The van der Waals surface area contributed by atoms with Crippen molar-refractivity contribution in [2.45, 2.75) is 30.4 Å². The smallest absolute Gasteiger partial charge is 0.325 e. The normalized spacial score (nSPS) is 11.0. The number of aromatic amines is 1. The van der Waals surface area contributed by atoms with Crippen LogP contribution in [0.3, 0.4) is 0 Å². The lowest BCUT2D eigenvalue weighted by Gasteiger charge is -2.08. The standard InChI is InChI=1S/C21H19N5O2S/c1-13-11-14(2)23-20(22-13)29-16-9-7-15(8-10-16)24-19(27)12-26-18-6-4-3-5-17(18)25-21(26)28/h3-11H,12H2,1-2H3,(H,24,27)(H,25,28). The third-order valence-corrected chi connectivity index (χ3v) is 5.17. The summed E-state index contributed by atoms with van der Waals surface area (Å²) in [7, 11) is 0. The van der Waals surface area contributed by atoms with E-state index >= 15 is 0 Å². The van der Waals surface area contributed by atoms with Crippen molar-refractivity contribution < 1.29 is 4.79 Å². The molecule has 0 radical (unpaired) electrons. The maximum absolute atomic E-state index is 12.4. The first-order valence-corrected chi connectivity index (χ1v) is 9.87. The zero-order valence-electron chi connectivity index (χ0n) is 16.0. The van der Waals surface area contributed by atoms with Crippen LogP contribution < -0.4 is 11.0 Å². The van der Waals surface area contributed by atoms with Crippen molar-refractivity contribution in [3.63, 3.8) is 0 Å². The number of para-hydroxylation sites is 2. The fraction of sp³-hybridized carbons (Fsp3) is 0.143. The van der Waals surface area contributed by atoms with Gasteiger partial charge in [-0.15, -0.1) is 0 Å². The second kappa shape index (κ2) is 7.92. The van der Waals surface area contributed by atoms with E-state index in [2.05, 4.69) is 20.3 Å². The molecule has 0 fully saturated rings. The van der Waals surface area contributed by atoms with E-state index < -0.39 is 0 Å². The number of aromatic nitrogens is 4. The molecule has 2 aromatic carbocycles. The van der Waals surface area contributed by atoms with Crippen LogP contribution in [0.25, 0.3) is 11.0 Å². The largest absolute Gasteiger partial charge is 0.326 e. The minimum atomic E-state index is -0.304. The van der Waals surface area contributed by atoms with Crippen LogP contribution in [-0.2, 0) is 11.3 Å². The summed E-state index contributed by atoms with van der Waals surface area (Å²) in [5.41, 5.74) is 3.62. The molecule has 2 N–H and O–H groups in total. The number of hydrogen-bond donors (Lipinski definition) is 2. The van der Waals surface area contributed by atoms with Crippen molar-refractivity contribution in [1.29, 1.82) is 0 Å². The molecule has 0 spiro atoms. The molecule has 0 saturated heterocycles. The van der Waals surface area contributed by atoms with Crippen LogP contribution in [0.1, 0.15) is 11.4 Å². The predicted molar refractivity (Wildman–Crippen MR) is 113 cm³/mol. The van der Waals surface area contributed by atoms with Gasteiger partial charge >= 0.3 is 5.69 Å². The highest BCUT2D eigenvalue weighted by molar-refractivity contribution is 7.99. The Morgan fingerprint density at radius 3 is 2.48 bits per heavy atom. The average molecular weight is 405 g/mol. The maximum atomic E-state index is 12.4. The van der Waals surface area contributed by atoms with Gasteiger partial charge in [0.1, 0.15) is 6.54 Å². The van der Waals surface area contributed by atoms with Crippen molar-refractivity contribution in [2.24, 2.45) is 0 Å². The maximum Gasteiger partial charge on any atom is 0.326 e. The zero-order chi connectivity index (χ0) is 20.4. The number of benzene rings is 2. The Bertz CT molecular complexity index is 1220. The second-order valence-corrected chi connectivity index (χ2v) is 7.68. The number of anilines is 1. The zero-order valence-corrected chi connectivity index (χ0v) is 16.8. The number of hydrogen-bond acceptors (Lipinski definition) is 5. The number of rotatable bonds is 5. The minimum absolute atomic E-state index is 0.0598. The lowest BCUT2D eigenvalue weighted by Crippen LogP contribution is -2.25. The second-order valence-electron chi connectivity index (χ2n) is 6.64. The van der Waals surface area contributed by atoms with Crippen LogP contribution in [0.4, 0.5) is 5.69 Å². The van der Waals surface area contributed by atoms with Gasteiger partial charge in [0, 0.05) is 22.0 Å². The molecule has 1 amide bonds. The first-order valence-electron chi connectivity index (χ1n) is 9.05. The van der Waals surface area contributed by atoms with Gasteiger partial charge in [0.2, 0.25) is 5.91 Å². The fourth-order valence-corrected chi connectivity index (χ4v) is 3.92. The summed E-state index contributed by atoms with van der Waals surface area (Å²) in [5.74, 6) is -0.269. The van der Waals surface area contributed by atoms with Gasteiger partial charge in [-0.05, 0) is 68.1 Å². The molecule has 0 aliphatic rings. The van der Waals surface area contributed by atoms with Crippen molar-refractivity contribution in [3.05, 3.63) is 76.5 Å². The Kier molecular flexibility index (Phi) is 5.18. The topological polar surface area (TPSA) is 92.7 Å². The molecule has 7 nitrogen and oxygen atoms in total. The number of nitrogens with one attached hydrogen (secondary N) is 2. The molecule has 4 aromatic rings. The highest BCUT2D eigenvalue weighted by atomic mass is 32.2. The predicted octanol–water partition coefficient (Wildman–Crippen LogP) is 3.53. The van der Waals surface area contributed by atoms with E-state index in [-0.39, 0.29) is 18.1 Å². The molecule has 2 heterocycles. The molecular formula is C21H19N5O2S. The highest BCUT2D eigenvalue weighted by Gasteiger charge is 2.11. The Balaban J connectivity index is 1.43. The minimum Gasteiger partial charge on any atom is -0.325 e. The summed E-state index contributed by atoms with van der Waals surface area (Å²) in [6, 6.07) is 16.7. The molecule has 29 heavy (non-hydrogen) atoms. The lowest BCUT2D eigenvalue weighted by molar-refractivity contribution is -0.116. The van der Waals surface area contributed by atoms with E-state index in [0.29, 0.717) is 21.9 Å². The van der Waals surface area contributed by atoms with E-state index in [4.69, 9.17) is 0 Å². The van der Waals surface area contributed by atoms with Crippen LogP contribution in [0.5, 0.6) is 0 Å². The first-order chi connectivity index (χ1) is 14.0. The molecule has 8 heteroatoms.